The summed E-state index contributed by atoms with van der Waals surface area (Å²) in [5.74, 6) is 0.278. The van der Waals surface area contributed by atoms with E-state index in [1.807, 2.05) is 4.90 Å². The van der Waals surface area contributed by atoms with Crippen molar-refractivity contribution in [1.82, 2.24) is 4.90 Å². The summed E-state index contributed by atoms with van der Waals surface area (Å²) in [4.78, 5) is 13.8. The molecule has 1 saturated heterocycles. The molecule has 0 aromatic heterocycles. The van der Waals surface area contributed by atoms with E-state index in [0.717, 1.165) is 13.0 Å². The van der Waals surface area contributed by atoms with E-state index in [9.17, 15) is 4.79 Å². The van der Waals surface area contributed by atoms with Gasteiger partial charge in [0.15, 0.2) is 8.32 Å². The van der Waals surface area contributed by atoms with Crippen molar-refractivity contribution < 1.29 is 9.22 Å². The molecule has 2 rings (SSSR count). The summed E-state index contributed by atoms with van der Waals surface area (Å²) in [6.07, 6.45) is 5.95. The maximum atomic E-state index is 11.8. The molecule has 4 heteroatoms. The standard InChI is InChI=1S/C14H25NO2Si/c1-14(2,3)18(4,5)17-12-8-9-13(16)15-10-6-7-11(12)15/h6-7,11-12H,8-10H2,1-5H3/t11-,12-/m0/s1. The topological polar surface area (TPSA) is 29.5 Å². The van der Waals surface area contributed by atoms with Crippen LogP contribution in [0.1, 0.15) is 33.6 Å². The van der Waals surface area contributed by atoms with Gasteiger partial charge in [0.05, 0.1) is 12.1 Å². The Morgan fingerprint density at radius 1 is 1.39 bits per heavy atom. The summed E-state index contributed by atoms with van der Waals surface area (Å²) in [6, 6.07) is 0.181. The van der Waals surface area contributed by atoms with Crippen LogP contribution >= 0.6 is 0 Å². The Balaban J connectivity index is 2.10. The second-order valence-electron chi connectivity index (χ2n) is 6.92. The van der Waals surface area contributed by atoms with Crippen molar-refractivity contribution in [2.24, 2.45) is 0 Å². The van der Waals surface area contributed by atoms with Crippen LogP contribution in [0.2, 0.25) is 18.1 Å². The van der Waals surface area contributed by atoms with Crippen LogP contribution in [0.15, 0.2) is 12.2 Å². The van der Waals surface area contributed by atoms with Gasteiger partial charge >= 0.3 is 0 Å². The van der Waals surface area contributed by atoms with Crippen molar-refractivity contribution in [3.63, 3.8) is 0 Å². The van der Waals surface area contributed by atoms with Gasteiger partial charge in [-0.2, -0.15) is 0 Å². The first-order valence-corrected chi connectivity index (χ1v) is 9.77. The van der Waals surface area contributed by atoms with Crippen LogP contribution in [0.3, 0.4) is 0 Å². The number of hydrogen-bond donors (Lipinski definition) is 0. The molecule has 2 aliphatic rings. The van der Waals surface area contributed by atoms with Crippen molar-refractivity contribution in [2.45, 2.75) is 63.9 Å². The number of piperidine rings is 1. The summed E-state index contributed by atoms with van der Waals surface area (Å²) in [7, 11) is -1.75. The minimum absolute atomic E-state index is 0.181. The molecule has 102 valence electrons. The number of nitrogens with zero attached hydrogens (tertiary/aromatic N) is 1. The Morgan fingerprint density at radius 3 is 2.67 bits per heavy atom. The molecule has 0 aliphatic carbocycles. The predicted octanol–water partition coefficient (Wildman–Crippen LogP) is 2.94. The largest absolute Gasteiger partial charge is 0.411 e. The van der Waals surface area contributed by atoms with E-state index < -0.39 is 8.32 Å². The van der Waals surface area contributed by atoms with Gasteiger partial charge in [-0.25, -0.2) is 0 Å². The summed E-state index contributed by atoms with van der Waals surface area (Å²) in [5, 5.41) is 0.224. The highest BCUT2D eigenvalue weighted by atomic mass is 28.4. The number of fused-ring (bicyclic) bond motifs is 1. The van der Waals surface area contributed by atoms with Gasteiger partial charge in [0.25, 0.3) is 0 Å². The molecule has 0 N–H and O–H groups in total. The fourth-order valence-electron chi connectivity index (χ4n) is 2.40. The second-order valence-corrected chi connectivity index (χ2v) is 11.7. The highest BCUT2D eigenvalue weighted by Gasteiger charge is 2.44. The van der Waals surface area contributed by atoms with E-state index in [1.54, 1.807) is 0 Å². The third-order valence-electron chi connectivity index (χ3n) is 4.59. The maximum Gasteiger partial charge on any atom is 0.223 e. The molecule has 0 bridgehead atoms. The zero-order chi connectivity index (χ0) is 13.6. The van der Waals surface area contributed by atoms with Crippen molar-refractivity contribution >= 4 is 14.2 Å². The molecule has 1 amide bonds. The maximum absolute atomic E-state index is 11.8. The lowest BCUT2D eigenvalue weighted by molar-refractivity contribution is -0.137. The Labute approximate surface area is 111 Å². The monoisotopic (exact) mass is 267 g/mol. The van der Waals surface area contributed by atoms with Gasteiger partial charge in [-0.1, -0.05) is 32.9 Å². The average Bonchev–Trinajstić information content (AvgIpc) is 2.70. The van der Waals surface area contributed by atoms with E-state index in [2.05, 4.69) is 46.0 Å². The van der Waals surface area contributed by atoms with Gasteiger partial charge in [0.1, 0.15) is 0 Å². The van der Waals surface area contributed by atoms with Crippen LogP contribution in [-0.2, 0) is 9.22 Å². The van der Waals surface area contributed by atoms with E-state index in [4.69, 9.17) is 4.43 Å². The molecule has 18 heavy (non-hydrogen) atoms. The lowest BCUT2D eigenvalue weighted by atomic mass is 10.0. The molecule has 2 aliphatic heterocycles. The first-order chi connectivity index (χ1) is 8.22. The third-order valence-corrected chi connectivity index (χ3v) is 9.10. The lowest BCUT2D eigenvalue weighted by Crippen LogP contribution is -2.54. The van der Waals surface area contributed by atoms with Crippen molar-refractivity contribution in [2.75, 3.05) is 6.54 Å². The Kier molecular flexibility index (Phi) is 3.45. The van der Waals surface area contributed by atoms with Gasteiger partial charge in [-0.15, -0.1) is 0 Å². The molecule has 1 fully saturated rings. The summed E-state index contributed by atoms with van der Waals surface area (Å²) in [5.41, 5.74) is 0. The van der Waals surface area contributed by atoms with Gasteiger partial charge < -0.3 is 9.33 Å². The van der Waals surface area contributed by atoms with Crippen LogP contribution in [0.25, 0.3) is 0 Å². The molecule has 2 atom stereocenters. The van der Waals surface area contributed by atoms with Crippen LogP contribution in [-0.4, -0.2) is 37.8 Å². The molecular weight excluding hydrogens is 242 g/mol. The van der Waals surface area contributed by atoms with Crippen LogP contribution in [0.5, 0.6) is 0 Å². The van der Waals surface area contributed by atoms with E-state index in [-0.39, 0.29) is 23.1 Å². The molecule has 0 spiro atoms. The molecule has 0 aromatic rings. The van der Waals surface area contributed by atoms with Gasteiger partial charge in [0.2, 0.25) is 5.91 Å². The smallest absolute Gasteiger partial charge is 0.223 e. The third kappa shape index (κ3) is 2.41. The van der Waals surface area contributed by atoms with Crippen molar-refractivity contribution in [1.29, 1.82) is 0 Å². The normalized spacial score (nSPS) is 28.7. The Hall–Kier alpha value is -0.613. The molecule has 2 heterocycles. The SMILES string of the molecule is CC(C)(C)[Si](C)(C)O[C@H]1CCC(=O)N2CC=C[C@@H]12. The molecule has 3 nitrogen and oxygen atoms in total. The number of carbonyl (C=O) groups excluding carboxylic acids is 1. The van der Waals surface area contributed by atoms with Crippen LogP contribution < -0.4 is 0 Å². The highest BCUT2D eigenvalue weighted by Crippen LogP contribution is 2.39. The summed E-state index contributed by atoms with van der Waals surface area (Å²) < 4.78 is 6.50. The summed E-state index contributed by atoms with van der Waals surface area (Å²) >= 11 is 0. The first-order valence-electron chi connectivity index (χ1n) is 6.86. The molecule has 0 saturated carbocycles. The Bertz CT molecular complexity index is 370. The van der Waals surface area contributed by atoms with Gasteiger partial charge in [0, 0.05) is 13.0 Å². The van der Waals surface area contributed by atoms with Gasteiger partial charge in [-0.05, 0) is 24.6 Å². The fraction of sp³-hybridized carbons (Fsp3) is 0.786. The molecule has 0 unspecified atom stereocenters. The van der Waals surface area contributed by atoms with Crippen molar-refractivity contribution in [3.8, 4) is 0 Å². The minimum atomic E-state index is -1.75. The Morgan fingerprint density at radius 2 is 2.06 bits per heavy atom. The minimum Gasteiger partial charge on any atom is -0.411 e. The number of amides is 1. The zero-order valence-electron chi connectivity index (χ0n) is 12.2. The summed E-state index contributed by atoms with van der Waals surface area (Å²) in [6.45, 7) is 12.1. The molecule has 0 radical (unpaired) electrons. The predicted molar refractivity (Wildman–Crippen MR) is 75.9 cm³/mol. The van der Waals surface area contributed by atoms with Crippen LogP contribution in [0, 0.1) is 0 Å². The highest BCUT2D eigenvalue weighted by molar-refractivity contribution is 6.74. The number of rotatable bonds is 2. The first kappa shape index (κ1) is 13.8. The number of hydrogen-bond acceptors (Lipinski definition) is 2. The van der Waals surface area contributed by atoms with Crippen molar-refractivity contribution in [3.05, 3.63) is 12.2 Å². The molecule has 0 aromatic carbocycles. The number of carbonyl (C=O) groups is 1. The van der Waals surface area contributed by atoms with E-state index in [1.165, 1.54) is 0 Å². The lowest BCUT2D eigenvalue weighted by Gasteiger charge is -2.44. The fourth-order valence-corrected chi connectivity index (χ4v) is 3.76. The molecular formula is C14H25NO2Si. The zero-order valence-corrected chi connectivity index (χ0v) is 13.2. The van der Waals surface area contributed by atoms with Gasteiger partial charge in [-0.3, -0.25) is 4.79 Å². The van der Waals surface area contributed by atoms with E-state index in [0.29, 0.717) is 6.42 Å². The van der Waals surface area contributed by atoms with E-state index >= 15 is 0 Å². The van der Waals surface area contributed by atoms with Crippen LogP contribution in [0.4, 0.5) is 0 Å². The quantitative estimate of drug-likeness (QED) is 0.569. The second kappa shape index (κ2) is 4.49. The average molecular weight is 267 g/mol.